The number of carbonyl (C=O) groups is 1. The molecule has 4 heteroatoms. The monoisotopic (exact) mass is 373 g/mol. The Kier molecular flexibility index (Phi) is 4.63. The SMILES string of the molecule is C#Cc1ccc2c(ccc3nc([C@@H]4CC(C)[C@@H](C)N4C(=O)CC(C)C)[nH]c32)c1. The maximum atomic E-state index is 13.0. The van der Waals surface area contributed by atoms with E-state index in [-0.39, 0.29) is 18.0 Å². The summed E-state index contributed by atoms with van der Waals surface area (Å²) in [5.41, 5.74) is 2.81. The summed E-state index contributed by atoms with van der Waals surface area (Å²) in [5.74, 6) is 4.60. The van der Waals surface area contributed by atoms with Gasteiger partial charge in [0.1, 0.15) is 5.82 Å². The number of fused-ring (bicyclic) bond motifs is 3. The molecular formula is C24H27N3O. The summed E-state index contributed by atoms with van der Waals surface area (Å²) in [6.07, 6.45) is 7.05. The molecule has 3 atom stereocenters. The molecule has 0 radical (unpaired) electrons. The molecule has 1 aliphatic heterocycles. The number of imidazole rings is 1. The number of H-pyrrole nitrogens is 1. The van der Waals surface area contributed by atoms with Crippen LogP contribution in [0.3, 0.4) is 0 Å². The summed E-state index contributed by atoms with van der Waals surface area (Å²) >= 11 is 0. The molecule has 0 bridgehead atoms. The molecule has 1 N–H and O–H groups in total. The maximum Gasteiger partial charge on any atom is 0.223 e. The van der Waals surface area contributed by atoms with Gasteiger partial charge in [-0.15, -0.1) is 6.42 Å². The van der Waals surface area contributed by atoms with Crippen molar-refractivity contribution in [2.75, 3.05) is 0 Å². The molecule has 0 spiro atoms. The molecule has 3 aromatic rings. The van der Waals surface area contributed by atoms with Crippen molar-refractivity contribution in [3.05, 3.63) is 41.7 Å². The molecule has 2 aromatic carbocycles. The Morgan fingerprint density at radius 2 is 2.11 bits per heavy atom. The minimum absolute atomic E-state index is 0.00341. The predicted octanol–water partition coefficient (Wildman–Crippen LogP) is 5.04. The van der Waals surface area contributed by atoms with Crippen molar-refractivity contribution in [1.29, 1.82) is 0 Å². The van der Waals surface area contributed by atoms with Gasteiger partial charge in [0, 0.05) is 23.4 Å². The third-order valence-corrected chi connectivity index (χ3v) is 6.04. The number of nitrogens with zero attached hydrogens (tertiary/aromatic N) is 2. The summed E-state index contributed by atoms with van der Waals surface area (Å²) in [5, 5.41) is 2.20. The Labute approximate surface area is 166 Å². The molecule has 1 unspecified atom stereocenters. The first-order valence-electron chi connectivity index (χ1n) is 10.1. The fraction of sp³-hybridized carbons (Fsp3) is 0.417. The largest absolute Gasteiger partial charge is 0.340 e. The fourth-order valence-corrected chi connectivity index (χ4v) is 4.40. The number of hydrogen-bond donors (Lipinski definition) is 1. The molecule has 1 fully saturated rings. The first kappa shape index (κ1) is 18.6. The molecule has 1 aliphatic rings. The molecule has 0 aliphatic carbocycles. The van der Waals surface area contributed by atoms with E-state index in [9.17, 15) is 4.79 Å². The lowest BCUT2D eigenvalue weighted by atomic mass is 10.0. The van der Waals surface area contributed by atoms with Gasteiger partial charge in [0.25, 0.3) is 0 Å². The van der Waals surface area contributed by atoms with Crippen molar-refractivity contribution in [1.82, 2.24) is 14.9 Å². The topological polar surface area (TPSA) is 49.0 Å². The minimum Gasteiger partial charge on any atom is -0.340 e. The van der Waals surface area contributed by atoms with Crippen LogP contribution in [-0.4, -0.2) is 26.8 Å². The summed E-state index contributed by atoms with van der Waals surface area (Å²) in [6, 6.07) is 10.3. The third kappa shape index (κ3) is 3.05. The molecule has 2 heterocycles. The van der Waals surface area contributed by atoms with Gasteiger partial charge in [0.05, 0.1) is 17.1 Å². The van der Waals surface area contributed by atoms with Crippen molar-refractivity contribution in [2.45, 2.75) is 52.6 Å². The van der Waals surface area contributed by atoms with E-state index in [1.54, 1.807) is 0 Å². The van der Waals surface area contributed by atoms with Crippen LogP contribution in [0.15, 0.2) is 30.3 Å². The molecule has 1 saturated heterocycles. The van der Waals surface area contributed by atoms with Crippen LogP contribution in [0.25, 0.3) is 21.8 Å². The van der Waals surface area contributed by atoms with Gasteiger partial charge in [0.2, 0.25) is 5.91 Å². The zero-order chi connectivity index (χ0) is 20.0. The second-order valence-electron chi connectivity index (χ2n) is 8.53. The van der Waals surface area contributed by atoms with Crippen molar-refractivity contribution in [3.8, 4) is 12.3 Å². The molecule has 144 valence electrons. The van der Waals surface area contributed by atoms with E-state index < -0.39 is 0 Å². The lowest BCUT2D eigenvalue weighted by Crippen LogP contribution is -2.38. The van der Waals surface area contributed by atoms with Crippen LogP contribution in [0.1, 0.15) is 58.0 Å². The highest BCUT2D eigenvalue weighted by atomic mass is 16.2. The van der Waals surface area contributed by atoms with Gasteiger partial charge in [-0.1, -0.05) is 38.8 Å². The van der Waals surface area contributed by atoms with Crippen LogP contribution in [0, 0.1) is 24.2 Å². The number of carbonyl (C=O) groups excluding carboxylic acids is 1. The average molecular weight is 374 g/mol. The van der Waals surface area contributed by atoms with E-state index in [1.807, 2.05) is 18.2 Å². The molecule has 1 amide bonds. The first-order valence-corrected chi connectivity index (χ1v) is 10.1. The molecular weight excluding hydrogens is 346 g/mol. The standard InChI is InChI=1S/C24H27N3O/c1-6-17-7-9-19-18(13-17)8-10-20-23(19)26-24(25-20)21-12-15(4)16(5)27(21)22(28)11-14(2)3/h1,7-10,13-16,21H,11-12H2,2-5H3,(H,25,26)/t15?,16-,21+/m1/s1. The number of rotatable bonds is 3. The van der Waals surface area contributed by atoms with Gasteiger partial charge in [-0.3, -0.25) is 4.79 Å². The number of likely N-dealkylation sites (tertiary alicyclic amines) is 1. The quantitative estimate of drug-likeness (QED) is 0.654. The Hall–Kier alpha value is -2.80. The Morgan fingerprint density at radius 3 is 2.82 bits per heavy atom. The highest BCUT2D eigenvalue weighted by Gasteiger charge is 2.41. The maximum absolute atomic E-state index is 13.0. The van der Waals surface area contributed by atoms with Crippen molar-refractivity contribution in [2.24, 2.45) is 11.8 Å². The van der Waals surface area contributed by atoms with Gasteiger partial charge < -0.3 is 9.88 Å². The second kappa shape index (κ2) is 6.98. The number of aromatic amines is 1. The summed E-state index contributed by atoms with van der Waals surface area (Å²) in [6.45, 7) is 8.56. The van der Waals surface area contributed by atoms with E-state index >= 15 is 0 Å². The summed E-state index contributed by atoms with van der Waals surface area (Å²) < 4.78 is 0. The Bertz CT molecular complexity index is 1090. The van der Waals surface area contributed by atoms with Crippen LogP contribution in [-0.2, 0) is 4.79 Å². The number of aromatic nitrogens is 2. The number of terminal acetylenes is 1. The Balaban J connectivity index is 1.78. The van der Waals surface area contributed by atoms with Crippen LogP contribution < -0.4 is 0 Å². The number of hydrogen-bond acceptors (Lipinski definition) is 2. The fourth-order valence-electron chi connectivity index (χ4n) is 4.40. The van der Waals surface area contributed by atoms with Gasteiger partial charge >= 0.3 is 0 Å². The molecule has 4 rings (SSSR count). The minimum atomic E-state index is 0.00341. The van der Waals surface area contributed by atoms with E-state index in [1.165, 1.54) is 0 Å². The van der Waals surface area contributed by atoms with E-state index in [0.29, 0.717) is 18.3 Å². The zero-order valence-corrected chi connectivity index (χ0v) is 17.0. The molecule has 1 aromatic heterocycles. The Morgan fingerprint density at radius 1 is 1.32 bits per heavy atom. The van der Waals surface area contributed by atoms with E-state index in [0.717, 1.165) is 39.6 Å². The van der Waals surface area contributed by atoms with Gasteiger partial charge in [-0.25, -0.2) is 4.98 Å². The normalized spacial score (nSPS) is 22.3. The number of benzene rings is 2. The van der Waals surface area contributed by atoms with Gasteiger partial charge in [-0.2, -0.15) is 0 Å². The van der Waals surface area contributed by atoms with Crippen LogP contribution in [0.2, 0.25) is 0 Å². The lowest BCUT2D eigenvalue weighted by Gasteiger charge is -2.29. The molecule has 28 heavy (non-hydrogen) atoms. The smallest absolute Gasteiger partial charge is 0.223 e. The number of nitrogens with one attached hydrogen (secondary N) is 1. The van der Waals surface area contributed by atoms with Crippen LogP contribution in [0.4, 0.5) is 0 Å². The van der Waals surface area contributed by atoms with Crippen molar-refractivity contribution < 1.29 is 4.79 Å². The third-order valence-electron chi connectivity index (χ3n) is 6.04. The van der Waals surface area contributed by atoms with Gasteiger partial charge in [-0.05, 0) is 48.8 Å². The van der Waals surface area contributed by atoms with Crippen molar-refractivity contribution >= 4 is 27.7 Å². The first-order chi connectivity index (χ1) is 13.4. The zero-order valence-electron chi connectivity index (χ0n) is 17.0. The van der Waals surface area contributed by atoms with E-state index in [2.05, 4.69) is 55.6 Å². The van der Waals surface area contributed by atoms with Crippen molar-refractivity contribution in [3.63, 3.8) is 0 Å². The average Bonchev–Trinajstić information content (AvgIpc) is 3.22. The lowest BCUT2D eigenvalue weighted by molar-refractivity contribution is -0.135. The predicted molar refractivity (Wildman–Crippen MR) is 114 cm³/mol. The number of amides is 1. The summed E-state index contributed by atoms with van der Waals surface area (Å²) in [7, 11) is 0. The molecule has 4 nitrogen and oxygen atoms in total. The summed E-state index contributed by atoms with van der Waals surface area (Å²) in [4.78, 5) is 23.4. The highest BCUT2D eigenvalue weighted by Crippen LogP contribution is 2.40. The molecule has 0 saturated carbocycles. The van der Waals surface area contributed by atoms with Crippen LogP contribution in [0.5, 0.6) is 0 Å². The van der Waals surface area contributed by atoms with Crippen LogP contribution >= 0.6 is 0 Å². The highest BCUT2D eigenvalue weighted by molar-refractivity contribution is 6.04. The van der Waals surface area contributed by atoms with Gasteiger partial charge in [0.15, 0.2) is 0 Å². The van der Waals surface area contributed by atoms with E-state index in [4.69, 9.17) is 11.4 Å². The second-order valence-corrected chi connectivity index (χ2v) is 8.53.